The molecule has 0 bridgehead atoms. The fourth-order valence-electron chi connectivity index (χ4n) is 3.48. The smallest absolute Gasteiger partial charge is 0.263 e. The van der Waals surface area contributed by atoms with Crippen molar-refractivity contribution >= 4 is 29.1 Å². The van der Waals surface area contributed by atoms with Crippen LogP contribution in [0.25, 0.3) is 0 Å². The molecule has 8 heteroatoms. The number of hydrogen-bond acceptors (Lipinski definition) is 6. The Kier molecular flexibility index (Phi) is 4.38. The van der Waals surface area contributed by atoms with Crippen LogP contribution in [0.15, 0.2) is 58.9 Å². The Morgan fingerprint density at radius 3 is 2.54 bits per heavy atom. The second-order valence-electron chi connectivity index (χ2n) is 6.91. The summed E-state index contributed by atoms with van der Waals surface area (Å²) in [5, 5.41) is 11.9. The first-order valence-electron chi connectivity index (χ1n) is 8.93. The maximum Gasteiger partial charge on any atom is 0.263 e. The van der Waals surface area contributed by atoms with Crippen LogP contribution >= 0.6 is 0 Å². The third-order valence-electron chi connectivity index (χ3n) is 4.83. The number of imide groups is 1. The van der Waals surface area contributed by atoms with Gasteiger partial charge in [-0.3, -0.25) is 19.4 Å². The van der Waals surface area contributed by atoms with Crippen LogP contribution in [0, 0.1) is 13.8 Å². The molecule has 142 valence electrons. The summed E-state index contributed by atoms with van der Waals surface area (Å²) in [6.45, 7) is 3.72. The van der Waals surface area contributed by atoms with Crippen molar-refractivity contribution in [3.8, 4) is 0 Å². The molecule has 2 aliphatic rings. The van der Waals surface area contributed by atoms with E-state index < -0.39 is 23.9 Å². The molecule has 0 aliphatic carbocycles. The zero-order valence-electron chi connectivity index (χ0n) is 15.5. The van der Waals surface area contributed by atoms with Gasteiger partial charge in [0.25, 0.3) is 11.8 Å². The van der Waals surface area contributed by atoms with Crippen LogP contribution in [-0.2, 0) is 14.4 Å². The van der Waals surface area contributed by atoms with Gasteiger partial charge in [0, 0.05) is 5.69 Å². The Labute approximate surface area is 161 Å². The SMILES string of the molecule is Cc1ccc(NC(=O)CN2N=N[C@@H]3C(=O)N(c4ccccc4)C(=O)[C@H]32)c(C)c1. The molecule has 1 fully saturated rings. The van der Waals surface area contributed by atoms with E-state index in [9.17, 15) is 14.4 Å². The van der Waals surface area contributed by atoms with Gasteiger partial charge in [-0.2, -0.15) is 5.11 Å². The quantitative estimate of drug-likeness (QED) is 0.827. The van der Waals surface area contributed by atoms with Crippen LogP contribution in [0.2, 0.25) is 0 Å². The van der Waals surface area contributed by atoms with Crippen LogP contribution in [0.1, 0.15) is 11.1 Å². The van der Waals surface area contributed by atoms with E-state index in [-0.39, 0.29) is 12.5 Å². The number of fused-ring (bicyclic) bond motifs is 1. The molecule has 0 saturated carbocycles. The van der Waals surface area contributed by atoms with E-state index in [1.165, 1.54) is 5.01 Å². The largest absolute Gasteiger partial charge is 0.324 e. The number of nitrogens with one attached hydrogen (secondary N) is 1. The van der Waals surface area contributed by atoms with Gasteiger partial charge in [0.15, 0.2) is 12.1 Å². The van der Waals surface area contributed by atoms with Crippen molar-refractivity contribution in [2.45, 2.75) is 25.9 Å². The Balaban J connectivity index is 1.48. The van der Waals surface area contributed by atoms with Crippen molar-refractivity contribution in [2.75, 3.05) is 16.8 Å². The van der Waals surface area contributed by atoms with Crippen molar-refractivity contribution in [2.24, 2.45) is 10.3 Å². The molecule has 2 aliphatic heterocycles. The van der Waals surface area contributed by atoms with E-state index in [0.717, 1.165) is 16.0 Å². The summed E-state index contributed by atoms with van der Waals surface area (Å²) in [5.41, 5.74) is 3.23. The first-order chi connectivity index (χ1) is 13.5. The average Bonchev–Trinajstić information content (AvgIpc) is 3.18. The number of hydrogen-bond donors (Lipinski definition) is 1. The van der Waals surface area contributed by atoms with Crippen LogP contribution in [0.3, 0.4) is 0 Å². The number of anilines is 2. The van der Waals surface area contributed by atoms with Crippen LogP contribution in [-0.4, -0.2) is 41.4 Å². The first-order valence-corrected chi connectivity index (χ1v) is 8.93. The van der Waals surface area contributed by atoms with E-state index in [1.54, 1.807) is 30.3 Å². The maximum atomic E-state index is 12.9. The molecule has 8 nitrogen and oxygen atoms in total. The number of carbonyl (C=O) groups is 3. The first kappa shape index (κ1) is 17.8. The summed E-state index contributed by atoms with van der Waals surface area (Å²) in [7, 11) is 0. The van der Waals surface area contributed by atoms with E-state index in [4.69, 9.17) is 0 Å². The molecule has 0 spiro atoms. The van der Waals surface area contributed by atoms with Crippen molar-refractivity contribution in [1.29, 1.82) is 0 Å². The highest BCUT2D eigenvalue weighted by atomic mass is 16.2. The zero-order chi connectivity index (χ0) is 19.8. The van der Waals surface area contributed by atoms with Crippen LogP contribution < -0.4 is 10.2 Å². The molecule has 28 heavy (non-hydrogen) atoms. The van der Waals surface area contributed by atoms with Gasteiger partial charge < -0.3 is 5.32 Å². The molecule has 2 atom stereocenters. The monoisotopic (exact) mass is 377 g/mol. The second-order valence-corrected chi connectivity index (χ2v) is 6.91. The predicted molar refractivity (Wildman–Crippen MR) is 103 cm³/mol. The zero-order valence-corrected chi connectivity index (χ0v) is 15.5. The van der Waals surface area contributed by atoms with Gasteiger partial charge in [-0.1, -0.05) is 41.1 Å². The molecular weight excluding hydrogens is 358 g/mol. The molecule has 2 heterocycles. The molecule has 1 saturated heterocycles. The lowest BCUT2D eigenvalue weighted by atomic mass is 10.1. The average molecular weight is 377 g/mol. The van der Waals surface area contributed by atoms with Crippen molar-refractivity contribution < 1.29 is 14.4 Å². The summed E-state index contributed by atoms with van der Waals surface area (Å²) in [5.74, 6) is -1.18. The standard InChI is InChI=1S/C20H19N5O3/c1-12-8-9-15(13(2)10-12)21-16(26)11-24-18-17(22-23-24)19(27)25(20(18)28)14-6-4-3-5-7-14/h3-10,17-18H,11H2,1-2H3,(H,21,26)/t17-,18-/m0/s1. The Morgan fingerprint density at radius 2 is 1.82 bits per heavy atom. The molecule has 0 radical (unpaired) electrons. The third-order valence-corrected chi connectivity index (χ3v) is 4.83. The van der Waals surface area contributed by atoms with Gasteiger partial charge in [-0.05, 0) is 37.6 Å². The minimum Gasteiger partial charge on any atom is -0.324 e. The van der Waals surface area contributed by atoms with Crippen LogP contribution in [0.4, 0.5) is 11.4 Å². The highest BCUT2D eigenvalue weighted by Gasteiger charge is 2.55. The lowest BCUT2D eigenvalue weighted by molar-refractivity contribution is -0.123. The van der Waals surface area contributed by atoms with Crippen molar-refractivity contribution in [3.63, 3.8) is 0 Å². The lowest BCUT2D eigenvalue weighted by Crippen LogP contribution is -2.43. The van der Waals surface area contributed by atoms with E-state index in [2.05, 4.69) is 15.7 Å². The number of aryl methyl sites for hydroxylation is 2. The number of benzene rings is 2. The predicted octanol–water partition coefficient (Wildman–Crippen LogP) is 2.24. The van der Waals surface area contributed by atoms with Gasteiger partial charge in [-0.15, -0.1) is 0 Å². The molecule has 0 aromatic heterocycles. The Morgan fingerprint density at radius 1 is 1.07 bits per heavy atom. The molecular formula is C20H19N5O3. The summed E-state index contributed by atoms with van der Waals surface area (Å²) >= 11 is 0. The number of para-hydroxylation sites is 1. The minimum atomic E-state index is -0.915. The number of nitrogens with zero attached hydrogens (tertiary/aromatic N) is 4. The Hall–Kier alpha value is -3.55. The molecule has 0 unspecified atom stereocenters. The minimum absolute atomic E-state index is 0.167. The summed E-state index contributed by atoms with van der Waals surface area (Å²) in [6.07, 6.45) is 0. The number of carbonyl (C=O) groups excluding carboxylic acids is 3. The van der Waals surface area contributed by atoms with E-state index >= 15 is 0 Å². The molecule has 2 aromatic rings. The molecule has 4 rings (SSSR count). The summed E-state index contributed by atoms with van der Waals surface area (Å²) in [4.78, 5) is 39.1. The topological polar surface area (TPSA) is 94.4 Å². The fraction of sp³-hybridized carbons (Fsp3) is 0.250. The summed E-state index contributed by atoms with van der Waals surface area (Å²) in [6, 6.07) is 12.6. The Bertz CT molecular complexity index is 989. The van der Waals surface area contributed by atoms with Gasteiger partial charge >= 0.3 is 0 Å². The third kappa shape index (κ3) is 3.02. The normalized spacial score (nSPS) is 20.6. The second kappa shape index (κ2) is 6.88. The molecule has 3 amide bonds. The van der Waals surface area contributed by atoms with Gasteiger partial charge in [-0.25, -0.2) is 4.90 Å². The lowest BCUT2D eigenvalue weighted by Gasteiger charge is -2.20. The van der Waals surface area contributed by atoms with Crippen molar-refractivity contribution in [1.82, 2.24) is 5.01 Å². The highest BCUT2D eigenvalue weighted by molar-refractivity contribution is 6.25. The number of rotatable bonds is 4. The van der Waals surface area contributed by atoms with Gasteiger partial charge in [0.05, 0.1) is 5.69 Å². The van der Waals surface area contributed by atoms with Crippen molar-refractivity contribution in [3.05, 3.63) is 59.7 Å². The maximum absolute atomic E-state index is 12.9. The van der Waals surface area contributed by atoms with E-state index in [0.29, 0.717) is 11.4 Å². The van der Waals surface area contributed by atoms with Gasteiger partial charge in [0.2, 0.25) is 5.91 Å². The fourth-order valence-corrected chi connectivity index (χ4v) is 3.48. The van der Waals surface area contributed by atoms with E-state index in [1.807, 2.05) is 32.0 Å². The van der Waals surface area contributed by atoms with Crippen LogP contribution in [0.5, 0.6) is 0 Å². The summed E-state index contributed by atoms with van der Waals surface area (Å²) < 4.78 is 0. The number of amides is 3. The highest BCUT2D eigenvalue weighted by Crippen LogP contribution is 2.31. The van der Waals surface area contributed by atoms with Gasteiger partial charge in [0.1, 0.15) is 6.54 Å². The molecule has 1 N–H and O–H groups in total. The molecule has 2 aromatic carbocycles.